The van der Waals surface area contributed by atoms with Gasteiger partial charge >= 0.3 is 0 Å². The maximum atomic E-state index is 14.3. The van der Waals surface area contributed by atoms with Gasteiger partial charge in [-0.1, -0.05) is 31.4 Å². The first-order valence-electron chi connectivity index (χ1n) is 8.23. The van der Waals surface area contributed by atoms with Gasteiger partial charge in [-0.15, -0.1) is 12.4 Å². The van der Waals surface area contributed by atoms with E-state index >= 15 is 0 Å². The number of nitrogens with zero attached hydrogens (tertiary/aromatic N) is 1. The number of hydrogen-bond donors (Lipinski definition) is 1. The van der Waals surface area contributed by atoms with Gasteiger partial charge in [0, 0.05) is 32.2 Å². The van der Waals surface area contributed by atoms with Gasteiger partial charge in [-0.2, -0.15) is 0 Å². The lowest BCUT2D eigenvalue weighted by Gasteiger charge is -2.35. The number of piperazine rings is 1. The molecule has 0 aliphatic carbocycles. The van der Waals surface area contributed by atoms with E-state index < -0.39 is 0 Å². The molecule has 0 aromatic heterocycles. The molecule has 0 amide bonds. The Morgan fingerprint density at radius 1 is 1.30 bits per heavy atom. The number of ether oxygens (including phenoxy) is 1. The van der Waals surface area contributed by atoms with Crippen LogP contribution in [-0.4, -0.2) is 37.7 Å². The van der Waals surface area contributed by atoms with Crippen LogP contribution < -0.4 is 10.1 Å². The Bertz CT molecular complexity index is 459. The number of hydrogen-bond acceptors (Lipinski definition) is 3. The molecular weight excluding hydrogens is 338 g/mol. The van der Waals surface area contributed by atoms with E-state index in [9.17, 15) is 4.39 Å². The lowest BCUT2D eigenvalue weighted by molar-refractivity contribution is 0.163. The molecule has 0 saturated carbocycles. The molecule has 132 valence electrons. The van der Waals surface area contributed by atoms with Gasteiger partial charge in [-0.3, -0.25) is 4.90 Å². The summed E-state index contributed by atoms with van der Waals surface area (Å²) >= 11 is 6.23. The summed E-state index contributed by atoms with van der Waals surface area (Å²) in [5.41, 5.74) is 0.960. The fourth-order valence-corrected chi connectivity index (χ4v) is 3.28. The molecule has 0 unspecified atom stereocenters. The van der Waals surface area contributed by atoms with Crippen molar-refractivity contribution in [3.05, 3.63) is 28.5 Å². The highest BCUT2D eigenvalue weighted by atomic mass is 35.5. The standard InChI is InChI=1S/C17H26ClFN2O.ClH/c1-3-5-6-16(21-9-7-20-8-10-21)13-11-14(18)17(22-4-2)15(19)12-13;/h11-12,16,20H,3-10H2,1-2H3;1H/t16-;/m1./s1. The van der Waals surface area contributed by atoms with Crippen molar-refractivity contribution in [2.45, 2.75) is 39.2 Å². The largest absolute Gasteiger partial charge is 0.489 e. The highest BCUT2D eigenvalue weighted by Crippen LogP contribution is 2.35. The number of nitrogens with one attached hydrogen (secondary N) is 1. The first kappa shape index (κ1) is 20.5. The van der Waals surface area contributed by atoms with Crippen molar-refractivity contribution in [1.29, 1.82) is 0 Å². The van der Waals surface area contributed by atoms with Gasteiger partial charge < -0.3 is 10.1 Å². The molecule has 1 heterocycles. The molecule has 1 aromatic rings. The van der Waals surface area contributed by atoms with Crippen LogP contribution in [0.3, 0.4) is 0 Å². The highest BCUT2D eigenvalue weighted by molar-refractivity contribution is 6.32. The summed E-state index contributed by atoms with van der Waals surface area (Å²) < 4.78 is 19.6. The molecule has 1 saturated heterocycles. The zero-order valence-corrected chi connectivity index (χ0v) is 15.5. The number of unbranched alkanes of at least 4 members (excludes halogenated alkanes) is 1. The van der Waals surface area contributed by atoms with Gasteiger partial charge in [-0.05, 0) is 31.0 Å². The molecule has 2 rings (SSSR count). The first-order chi connectivity index (χ1) is 10.7. The summed E-state index contributed by atoms with van der Waals surface area (Å²) in [4.78, 5) is 2.43. The molecule has 1 fully saturated rings. The molecule has 0 spiro atoms. The van der Waals surface area contributed by atoms with E-state index in [2.05, 4.69) is 17.1 Å². The van der Waals surface area contributed by atoms with Gasteiger partial charge in [0.2, 0.25) is 0 Å². The van der Waals surface area contributed by atoms with Crippen molar-refractivity contribution in [3.8, 4) is 5.75 Å². The van der Waals surface area contributed by atoms with Gasteiger partial charge in [0.1, 0.15) is 0 Å². The number of benzene rings is 1. The molecule has 1 N–H and O–H groups in total. The second-order valence-electron chi connectivity index (χ2n) is 5.69. The van der Waals surface area contributed by atoms with Crippen LogP contribution in [0.2, 0.25) is 5.02 Å². The van der Waals surface area contributed by atoms with Crippen LogP contribution >= 0.6 is 24.0 Å². The molecule has 0 bridgehead atoms. The van der Waals surface area contributed by atoms with Crippen LogP contribution in [0.25, 0.3) is 0 Å². The average Bonchev–Trinajstić information content (AvgIpc) is 2.52. The Morgan fingerprint density at radius 2 is 2.00 bits per heavy atom. The predicted molar refractivity (Wildman–Crippen MR) is 96.5 cm³/mol. The Balaban J connectivity index is 0.00000264. The summed E-state index contributed by atoms with van der Waals surface area (Å²) in [5, 5.41) is 3.73. The van der Waals surface area contributed by atoms with Gasteiger partial charge in [0.15, 0.2) is 11.6 Å². The van der Waals surface area contributed by atoms with E-state index in [1.165, 1.54) is 0 Å². The Kier molecular flexibility index (Phi) is 9.22. The van der Waals surface area contributed by atoms with Gasteiger partial charge in [-0.25, -0.2) is 4.39 Å². The zero-order chi connectivity index (χ0) is 15.9. The fourth-order valence-electron chi connectivity index (χ4n) is 3.01. The number of rotatable bonds is 7. The minimum atomic E-state index is -0.360. The molecular formula is C17H27Cl2FN2O. The second-order valence-corrected chi connectivity index (χ2v) is 6.10. The summed E-state index contributed by atoms with van der Waals surface area (Å²) in [6.45, 7) is 8.36. The van der Waals surface area contributed by atoms with Crippen LogP contribution in [-0.2, 0) is 0 Å². The van der Waals surface area contributed by atoms with Gasteiger partial charge in [0.25, 0.3) is 0 Å². The van der Waals surface area contributed by atoms with Crippen molar-refractivity contribution in [3.63, 3.8) is 0 Å². The Morgan fingerprint density at radius 3 is 2.57 bits per heavy atom. The van der Waals surface area contributed by atoms with E-state index in [-0.39, 0.29) is 30.0 Å². The van der Waals surface area contributed by atoms with Crippen LogP contribution in [0, 0.1) is 5.82 Å². The van der Waals surface area contributed by atoms with Crippen LogP contribution in [0.4, 0.5) is 4.39 Å². The summed E-state index contributed by atoms with van der Waals surface area (Å²) in [5.74, 6) is -0.191. The third kappa shape index (κ3) is 5.49. The Labute approximate surface area is 149 Å². The van der Waals surface area contributed by atoms with E-state index in [0.717, 1.165) is 51.0 Å². The van der Waals surface area contributed by atoms with Crippen molar-refractivity contribution in [2.24, 2.45) is 0 Å². The molecule has 0 radical (unpaired) electrons. The molecule has 1 aliphatic rings. The van der Waals surface area contributed by atoms with Crippen molar-refractivity contribution in [1.82, 2.24) is 10.2 Å². The average molecular weight is 365 g/mol. The van der Waals surface area contributed by atoms with Crippen molar-refractivity contribution in [2.75, 3.05) is 32.8 Å². The van der Waals surface area contributed by atoms with Crippen molar-refractivity contribution < 1.29 is 9.13 Å². The Hall–Kier alpha value is -0.550. The maximum absolute atomic E-state index is 14.3. The van der Waals surface area contributed by atoms with Gasteiger partial charge in [0.05, 0.1) is 11.6 Å². The minimum Gasteiger partial charge on any atom is -0.489 e. The van der Waals surface area contributed by atoms with E-state index in [0.29, 0.717) is 11.6 Å². The number of halogens is 3. The molecule has 1 aromatic carbocycles. The smallest absolute Gasteiger partial charge is 0.173 e. The molecule has 3 nitrogen and oxygen atoms in total. The van der Waals surface area contributed by atoms with Crippen molar-refractivity contribution >= 4 is 24.0 Å². The molecule has 1 atom stereocenters. The third-order valence-corrected chi connectivity index (χ3v) is 4.40. The molecule has 6 heteroatoms. The zero-order valence-electron chi connectivity index (χ0n) is 13.9. The topological polar surface area (TPSA) is 24.5 Å². The van der Waals surface area contributed by atoms with Crippen LogP contribution in [0.5, 0.6) is 5.75 Å². The highest BCUT2D eigenvalue weighted by Gasteiger charge is 2.24. The van der Waals surface area contributed by atoms with E-state index in [1.807, 2.05) is 13.0 Å². The monoisotopic (exact) mass is 364 g/mol. The quantitative estimate of drug-likeness (QED) is 0.773. The van der Waals surface area contributed by atoms with E-state index in [4.69, 9.17) is 16.3 Å². The summed E-state index contributed by atoms with van der Waals surface area (Å²) in [6.07, 6.45) is 3.29. The van der Waals surface area contributed by atoms with E-state index in [1.54, 1.807) is 6.07 Å². The van der Waals surface area contributed by atoms with Crippen LogP contribution in [0.1, 0.15) is 44.7 Å². The van der Waals surface area contributed by atoms with Crippen LogP contribution in [0.15, 0.2) is 12.1 Å². The molecule has 23 heavy (non-hydrogen) atoms. The minimum absolute atomic E-state index is 0. The SMILES string of the molecule is CCCC[C@H](c1cc(F)c(OCC)c(Cl)c1)N1CCNCC1.Cl. The summed E-state index contributed by atoms with van der Waals surface area (Å²) in [6, 6.07) is 3.70. The lowest BCUT2D eigenvalue weighted by Crippen LogP contribution is -2.45. The fraction of sp³-hybridized carbons (Fsp3) is 0.647. The lowest BCUT2D eigenvalue weighted by atomic mass is 9.98. The second kappa shape index (κ2) is 10.3. The maximum Gasteiger partial charge on any atom is 0.173 e. The molecule has 1 aliphatic heterocycles. The summed E-state index contributed by atoms with van der Waals surface area (Å²) in [7, 11) is 0. The predicted octanol–water partition coefficient (Wildman–Crippen LogP) is 4.44. The third-order valence-electron chi connectivity index (χ3n) is 4.12. The first-order valence-corrected chi connectivity index (χ1v) is 8.61. The normalized spacial score (nSPS) is 16.7.